The molecule has 0 saturated carbocycles. The maximum atomic E-state index is 14.7. The molecule has 0 bridgehead atoms. The minimum atomic E-state index is -1.45. The summed E-state index contributed by atoms with van der Waals surface area (Å²) in [5, 5.41) is 33.4. The number of benzene rings is 1. The molecule has 1 aliphatic heterocycles. The number of aliphatic imine (C=N–C) groups is 1. The lowest BCUT2D eigenvalue weighted by Crippen LogP contribution is -2.61. The molecule has 37 nitrogen and oxygen atoms in total. The van der Waals surface area contributed by atoms with Gasteiger partial charge in [0.2, 0.25) is 82.7 Å². The molecule has 1 aliphatic rings. The number of H-pyrrole nitrogens is 1. The van der Waals surface area contributed by atoms with E-state index in [0.29, 0.717) is 48.6 Å². The predicted octanol–water partition coefficient (Wildman–Crippen LogP) is -2.78. The Hall–Kier alpha value is -10.6. The molecule has 1 aromatic carbocycles. The van der Waals surface area contributed by atoms with Gasteiger partial charge < -0.3 is 103 Å². The van der Waals surface area contributed by atoms with E-state index in [2.05, 4.69) is 84.4 Å². The van der Waals surface area contributed by atoms with Crippen LogP contribution in [0.1, 0.15) is 157 Å². The van der Waals surface area contributed by atoms with E-state index in [9.17, 15) is 67.1 Å². The molecule has 0 unspecified atom stereocenters. The molecule has 586 valence electrons. The van der Waals surface area contributed by atoms with Crippen LogP contribution in [0.15, 0.2) is 40.6 Å². The van der Waals surface area contributed by atoms with Crippen LogP contribution in [0.4, 0.5) is 0 Å². The van der Waals surface area contributed by atoms with Gasteiger partial charge in [-0.1, -0.05) is 77.7 Å². The fourth-order valence-corrected chi connectivity index (χ4v) is 11.7. The van der Waals surface area contributed by atoms with Crippen molar-refractivity contribution < 1.29 is 67.1 Å². The number of guanidine groups is 1. The van der Waals surface area contributed by atoms with Crippen molar-refractivity contribution in [1.82, 2.24) is 68.4 Å². The number of carbonyl (C=O) groups excluding carboxylic acids is 14. The molecule has 1 aromatic heterocycles. The molecule has 37 heteroatoms. The Bertz CT molecular complexity index is 3460. The summed E-state index contributed by atoms with van der Waals surface area (Å²) in [6, 6.07) is -7.08. The number of hydrogen-bond acceptors (Lipinski definition) is 18. The quantitative estimate of drug-likeness (QED) is 0.00606. The first-order chi connectivity index (χ1) is 50.3. The lowest BCUT2D eigenvalue weighted by Gasteiger charge is -2.32. The van der Waals surface area contributed by atoms with Crippen LogP contribution < -0.4 is 92.9 Å². The Morgan fingerprint density at radius 1 is 0.613 bits per heavy atom. The molecule has 14 amide bonds. The molecule has 3 rings (SSSR count). The molecule has 106 heavy (non-hydrogen) atoms. The van der Waals surface area contributed by atoms with Gasteiger partial charge in [0.25, 0.3) is 0 Å². The number of azide groups is 1. The van der Waals surface area contributed by atoms with Gasteiger partial charge in [-0.25, -0.2) is 0 Å². The SMILES string of the molecule is C#CC[C@H](NC(=O)[C@@H](NC(=O)[C@H](Cc1c[nH]c2ccccc12)NC(=O)[C@H](CCCN)NC(=O)CNC(=O)[C@H]1CCCN1C(=O)[C@@H](NC(=O)[C@H](CCCCN)NC(=O)[C@@H](NC(=O)[C@H](CCCCN=[N+]=[N-])NC(=O)[C@H](CCCN=C(N)N)NC(C)=O)C(C)C)C(C)C)[C@@H](C)CC)C(=O)N[C@@H](CCC(N)=O)C(N)=O. The fourth-order valence-electron chi connectivity index (χ4n) is 11.7. The van der Waals surface area contributed by atoms with Gasteiger partial charge in [-0.3, -0.25) is 72.1 Å². The maximum Gasteiger partial charge on any atom is 0.246 e. The van der Waals surface area contributed by atoms with Crippen LogP contribution in [-0.4, -0.2) is 204 Å². The van der Waals surface area contributed by atoms with Gasteiger partial charge in [-0.05, 0) is 125 Å². The number of aromatic amines is 1. The van der Waals surface area contributed by atoms with Crippen LogP contribution in [0.5, 0.6) is 0 Å². The maximum absolute atomic E-state index is 14.7. The second kappa shape index (κ2) is 47.0. The summed E-state index contributed by atoms with van der Waals surface area (Å²) < 4.78 is 0. The molecule has 24 N–H and O–H groups in total. The third kappa shape index (κ3) is 30.6. The largest absolute Gasteiger partial charge is 0.370 e. The molecule has 1 fully saturated rings. The average Bonchev–Trinajstić information content (AvgIpc) is 1.63. The van der Waals surface area contributed by atoms with E-state index < -0.39 is 173 Å². The third-order valence-corrected chi connectivity index (χ3v) is 17.8. The minimum absolute atomic E-state index is 0.0264. The summed E-state index contributed by atoms with van der Waals surface area (Å²) in [6.07, 6.45) is 9.05. The Morgan fingerprint density at radius 2 is 1.13 bits per heavy atom. The number of nitrogens with zero attached hydrogens (tertiary/aromatic N) is 5. The normalized spacial score (nSPS) is 15.6. The monoisotopic (exact) mass is 1490 g/mol. The lowest BCUT2D eigenvalue weighted by molar-refractivity contribution is -0.143. The van der Waals surface area contributed by atoms with Crippen LogP contribution in [0, 0.1) is 30.1 Å². The van der Waals surface area contributed by atoms with Gasteiger partial charge in [0.05, 0.1) is 6.54 Å². The number of terminal acetylenes is 1. The number of para-hydroxylation sites is 1. The number of fused-ring (bicyclic) bond motifs is 1. The number of aromatic nitrogens is 1. The van der Waals surface area contributed by atoms with Crippen molar-refractivity contribution in [3.63, 3.8) is 0 Å². The highest BCUT2D eigenvalue weighted by molar-refractivity contribution is 6.00. The number of primary amides is 2. The minimum Gasteiger partial charge on any atom is -0.370 e. The highest BCUT2D eigenvalue weighted by atomic mass is 16.2. The molecule has 1 saturated heterocycles. The van der Waals surface area contributed by atoms with Crippen LogP contribution in [-0.2, 0) is 73.5 Å². The number of nitrogens with one attached hydrogen (secondary N) is 12. The van der Waals surface area contributed by atoms with Crippen molar-refractivity contribution in [2.75, 3.05) is 39.3 Å². The van der Waals surface area contributed by atoms with Crippen molar-refractivity contribution in [1.29, 1.82) is 0 Å². The van der Waals surface area contributed by atoms with E-state index in [1.807, 2.05) is 0 Å². The number of rotatable bonds is 49. The number of likely N-dealkylation sites (tertiary alicyclic amines) is 1. The third-order valence-electron chi connectivity index (χ3n) is 17.8. The number of carbonyl (C=O) groups is 14. The average molecular weight is 1490 g/mol. The van der Waals surface area contributed by atoms with E-state index in [4.69, 9.17) is 46.4 Å². The highest BCUT2D eigenvalue weighted by Crippen LogP contribution is 2.23. The van der Waals surface area contributed by atoms with Crippen LogP contribution in [0.3, 0.4) is 0 Å². The van der Waals surface area contributed by atoms with E-state index in [-0.39, 0.29) is 116 Å². The van der Waals surface area contributed by atoms with Crippen molar-refractivity contribution in [3.8, 4) is 12.3 Å². The first-order valence-corrected chi connectivity index (χ1v) is 35.9. The summed E-state index contributed by atoms with van der Waals surface area (Å²) in [4.78, 5) is 203. The van der Waals surface area contributed by atoms with E-state index >= 15 is 0 Å². The highest BCUT2D eigenvalue weighted by Gasteiger charge is 2.41. The Labute approximate surface area is 617 Å². The summed E-state index contributed by atoms with van der Waals surface area (Å²) in [7, 11) is 0. The van der Waals surface area contributed by atoms with E-state index in [0.717, 1.165) is 0 Å². The molecular weight excluding hydrogens is 1370 g/mol. The van der Waals surface area contributed by atoms with E-state index in [1.54, 1.807) is 72.0 Å². The standard InChI is InChI=1S/C69H111N23O14/c1-9-20-46(59(97)83-45(58(73)96)28-29-53(72)94)85-67(105)57(40(7)10-2)90-64(102)51(35-42-36-78-44-22-12-11-21-43(42)44)87-61(99)48(25-17-31-71)82-54(95)37-79-65(103)52-27-19-34-92(52)68(106)56(39(5)6)89-63(101)50(23-13-15-30-70)86-66(104)55(38(3)4)88-62(100)49(24-14-16-33-80-91-76)84-60(98)47(81-41(8)93)26-18-32-77-69(74)75/h1,11-12,21-22,36,38-40,45-52,55-57,78H,10,13-20,23-35,37,70-71H2,2-8H3,(H2,72,94)(H2,73,96)(H,79,103)(H,81,93)(H,82,95)(H,83,97)(H,84,98)(H,85,105)(H,86,104)(H,87,99)(H,88,100)(H,89,101)(H,90,102)(H4,74,75,77)/t40-,45-,46-,47-,48-,49-,50-,51-,52+,55-,56-,57-/m0/s1. The van der Waals surface area contributed by atoms with Crippen molar-refractivity contribution in [2.45, 2.75) is 224 Å². The molecule has 12 atom stereocenters. The van der Waals surface area contributed by atoms with Crippen LogP contribution in [0.2, 0.25) is 0 Å². The van der Waals surface area contributed by atoms with Gasteiger partial charge in [0.15, 0.2) is 5.96 Å². The van der Waals surface area contributed by atoms with Gasteiger partial charge >= 0.3 is 0 Å². The second-order valence-corrected chi connectivity index (χ2v) is 26.9. The molecule has 2 aromatic rings. The Balaban J connectivity index is 1.85. The van der Waals surface area contributed by atoms with Crippen LogP contribution >= 0.6 is 0 Å². The summed E-state index contributed by atoms with van der Waals surface area (Å²) in [5.41, 5.74) is 43.4. The topological polar surface area (TPSA) is 608 Å². The number of nitrogens with two attached hydrogens (primary N) is 6. The molecular formula is C69H111N23O14. The Kier molecular flexibility index (Phi) is 39.7. The first-order valence-electron chi connectivity index (χ1n) is 35.9. The second-order valence-electron chi connectivity index (χ2n) is 26.9. The zero-order valence-electron chi connectivity index (χ0n) is 61.7. The smallest absolute Gasteiger partial charge is 0.246 e. The predicted molar refractivity (Wildman–Crippen MR) is 394 cm³/mol. The Morgan fingerprint density at radius 3 is 1.72 bits per heavy atom. The number of unbranched alkanes of at least 4 members (excludes halogenated alkanes) is 2. The lowest BCUT2D eigenvalue weighted by atomic mass is 9.96. The van der Waals surface area contributed by atoms with E-state index in [1.165, 1.54) is 11.8 Å². The fraction of sp³-hybridized carbons (Fsp3) is 0.638. The van der Waals surface area contributed by atoms with Crippen LogP contribution in [0.25, 0.3) is 21.3 Å². The van der Waals surface area contributed by atoms with Crippen molar-refractivity contribution in [2.24, 2.45) is 62.3 Å². The zero-order chi connectivity index (χ0) is 79.2. The summed E-state index contributed by atoms with van der Waals surface area (Å²) >= 11 is 0. The van der Waals surface area contributed by atoms with Gasteiger partial charge in [-0.2, -0.15) is 0 Å². The number of hydrogen-bond donors (Lipinski definition) is 18. The van der Waals surface area contributed by atoms with Crippen molar-refractivity contribution in [3.05, 3.63) is 46.5 Å². The molecule has 0 aliphatic carbocycles. The molecule has 0 spiro atoms. The van der Waals surface area contributed by atoms with Gasteiger partial charge in [0.1, 0.15) is 66.5 Å². The number of amides is 14. The molecule has 0 radical (unpaired) electrons. The molecule has 2 heterocycles. The van der Waals surface area contributed by atoms with Crippen molar-refractivity contribution >= 4 is 99.6 Å². The summed E-state index contributed by atoms with van der Waals surface area (Å²) in [5.74, 6) is -10.6. The van der Waals surface area contributed by atoms with Gasteiger partial charge in [-0.15, -0.1) is 12.3 Å². The summed E-state index contributed by atoms with van der Waals surface area (Å²) in [6.45, 7) is 11.2. The zero-order valence-corrected chi connectivity index (χ0v) is 61.7. The first kappa shape index (κ1) is 89.6. The van der Waals surface area contributed by atoms with Gasteiger partial charge in [0, 0.05) is 67.8 Å².